The second-order valence-corrected chi connectivity index (χ2v) is 11.5. The van der Waals surface area contributed by atoms with Gasteiger partial charge in [0.2, 0.25) is 10.0 Å². The van der Waals surface area contributed by atoms with Gasteiger partial charge in [0.1, 0.15) is 0 Å². The molecule has 2 fully saturated rings. The van der Waals surface area contributed by atoms with Gasteiger partial charge in [0.25, 0.3) is 0 Å². The second-order valence-electron chi connectivity index (χ2n) is 7.38. The summed E-state index contributed by atoms with van der Waals surface area (Å²) in [7, 11) is -6.78. The van der Waals surface area contributed by atoms with E-state index in [0.29, 0.717) is 19.0 Å². The van der Waals surface area contributed by atoms with Crippen molar-refractivity contribution >= 4 is 19.9 Å². The van der Waals surface area contributed by atoms with Crippen molar-refractivity contribution in [2.45, 2.75) is 36.8 Å². The number of aliphatic hydroxyl groups is 1. The van der Waals surface area contributed by atoms with Crippen LogP contribution in [0.4, 0.5) is 0 Å². The molecule has 146 valence electrons. The predicted octanol–water partition coefficient (Wildman–Crippen LogP) is 0.274. The zero-order valence-electron chi connectivity index (χ0n) is 15.1. The maximum atomic E-state index is 12.8. The molecule has 7 nitrogen and oxygen atoms in total. The van der Waals surface area contributed by atoms with Crippen molar-refractivity contribution in [3.63, 3.8) is 0 Å². The summed E-state index contributed by atoms with van der Waals surface area (Å²) in [6, 6.07) is 6.53. The summed E-state index contributed by atoms with van der Waals surface area (Å²) in [6.07, 6.45) is -0.897. The van der Waals surface area contributed by atoms with Crippen LogP contribution in [0.1, 0.15) is 25.3 Å². The molecule has 1 aromatic carbocycles. The molecule has 0 radical (unpaired) electrons. The van der Waals surface area contributed by atoms with E-state index in [9.17, 15) is 21.9 Å². The van der Waals surface area contributed by atoms with Crippen LogP contribution in [0.25, 0.3) is 0 Å². The number of rotatable bonds is 4. The first-order valence-corrected chi connectivity index (χ1v) is 12.1. The second kappa shape index (κ2) is 7.20. The van der Waals surface area contributed by atoms with Crippen molar-refractivity contribution in [1.82, 2.24) is 9.21 Å². The van der Waals surface area contributed by atoms with Crippen LogP contribution >= 0.6 is 0 Å². The van der Waals surface area contributed by atoms with Gasteiger partial charge >= 0.3 is 0 Å². The van der Waals surface area contributed by atoms with Crippen LogP contribution in [0.2, 0.25) is 0 Å². The fourth-order valence-electron chi connectivity index (χ4n) is 3.61. The standard InChI is InChI=1S/C17H26N2O5S2/c1-13(2)14-3-5-15(6-4-14)26(23,24)19-9-7-18(8-10-19)16-11-25(21,22)12-17(16)20/h3-6,13,16-17,20H,7-12H2,1-2H3/t16-,17+/m1/s1. The van der Waals surface area contributed by atoms with Crippen LogP contribution in [0.15, 0.2) is 29.2 Å². The van der Waals surface area contributed by atoms with Crippen LogP contribution in [0.5, 0.6) is 0 Å². The highest BCUT2D eigenvalue weighted by molar-refractivity contribution is 7.91. The first kappa shape index (κ1) is 19.8. The Morgan fingerprint density at radius 3 is 2.08 bits per heavy atom. The summed E-state index contributed by atoms with van der Waals surface area (Å²) < 4.78 is 50.5. The number of sulfonamides is 1. The van der Waals surface area contributed by atoms with Gasteiger partial charge in [0.15, 0.2) is 9.84 Å². The highest BCUT2D eigenvalue weighted by Gasteiger charge is 2.41. The maximum absolute atomic E-state index is 12.8. The molecule has 26 heavy (non-hydrogen) atoms. The van der Waals surface area contributed by atoms with Gasteiger partial charge in [-0.05, 0) is 23.6 Å². The SMILES string of the molecule is CC(C)c1ccc(S(=O)(=O)N2CCN([C@@H]3CS(=O)(=O)C[C@@H]3O)CC2)cc1. The molecule has 0 bridgehead atoms. The molecule has 2 heterocycles. The molecule has 9 heteroatoms. The van der Waals surface area contributed by atoms with Crippen LogP contribution in [0.3, 0.4) is 0 Å². The first-order chi connectivity index (χ1) is 12.1. The fraction of sp³-hybridized carbons (Fsp3) is 0.647. The number of aliphatic hydroxyl groups excluding tert-OH is 1. The average Bonchev–Trinajstić information content (AvgIpc) is 2.87. The number of sulfone groups is 1. The Kier molecular flexibility index (Phi) is 5.47. The largest absolute Gasteiger partial charge is 0.390 e. The first-order valence-electron chi connectivity index (χ1n) is 8.83. The Labute approximate surface area is 155 Å². The number of nitrogens with zero attached hydrogens (tertiary/aromatic N) is 2. The van der Waals surface area contributed by atoms with Crippen molar-refractivity contribution in [2.75, 3.05) is 37.7 Å². The third-order valence-corrected chi connectivity index (χ3v) is 8.83. The molecule has 0 amide bonds. The number of hydrogen-bond acceptors (Lipinski definition) is 6. The van der Waals surface area contributed by atoms with Crippen molar-refractivity contribution in [2.24, 2.45) is 0 Å². The molecule has 1 aromatic rings. The Balaban J connectivity index is 1.67. The smallest absolute Gasteiger partial charge is 0.243 e. The van der Waals surface area contributed by atoms with E-state index in [1.54, 1.807) is 12.1 Å². The van der Waals surface area contributed by atoms with E-state index in [1.165, 1.54) is 4.31 Å². The number of piperazine rings is 1. The molecule has 2 saturated heterocycles. The number of hydrogen-bond donors (Lipinski definition) is 1. The van der Waals surface area contributed by atoms with E-state index >= 15 is 0 Å². The van der Waals surface area contributed by atoms with Crippen molar-refractivity contribution in [3.8, 4) is 0 Å². The summed E-state index contributed by atoms with van der Waals surface area (Å²) in [4.78, 5) is 2.17. The van der Waals surface area contributed by atoms with E-state index in [4.69, 9.17) is 0 Å². The lowest BCUT2D eigenvalue weighted by molar-refractivity contribution is 0.0618. The van der Waals surface area contributed by atoms with E-state index in [-0.39, 0.29) is 29.5 Å². The minimum atomic E-state index is -3.56. The van der Waals surface area contributed by atoms with Crippen LogP contribution in [0, 0.1) is 0 Å². The average molecular weight is 403 g/mol. The Morgan fingerprint density at radius 1 is 1.04 bits per heavy atom. The van der Waals surface area contributed by atoms with Gasteiger partial charge in [-0.2, -0.15) is 4.31 Å². The van der Waals surface area contributed by atoms with E-state index in [2.05, 4.69) is 13.8 Å². The molecule has 1 N–H and O–H groups in total. The molecular weight excluding hydrogens is 376 g/mol. The molecule has 0 aromatic heterocycles. The summed E-state index contributed by atoms with van der Waals surface area (Å²) >= 11 is 0. The van der Waals surface area contributed by atoms with Gasteiger partial charge in [0.05, 0.1) is 28.5 Å². The molecule has 0 unspecified atom stereocenters. The summed E-state index contributed by atoms with van der Waals surface area (Å²) in [5.74, 6) is 0.0695. The minimum absolute atomic E-state index is 0.0580. The Hall–Kier alpha value is -1.00. The van der Waals surface area contributed by atoms with Crippen molar-refractivity contribution in [1.29, 1.82) is 0 Å². The zero-order chi connectivity index (χ0) is 19.1. The molecular formula is C17H26N2O5S2. The third-order valence-electron chi connectivity index (χ3n) is 5.22. The number of benzene rings is 1. The lowest BCUT2D eigenvalue weighted by Gasteiger charge is -2.37. The van der Waals surface area contributed by atoms with Crippen LogP contribution in [-0.2, 0) is 19.9 Å². The molecule has 3 rings (SSSR count). The summed E-state index contributed by atoms with van der Waals surface area (Å²) in [5, 5.41) is 10.00. The monoisotopic (exact) mass is 402 g/mol. The highest BCUT2D eigenvalue weighted by Crippen LogP contribution is 2.24. The topological polar surface area (TPSA) is 95.0 Å². The molecule has 2 aliphatic rings. The molecule has 0 aliphatic carbocycles. The quantitative estimate of drug-likeness (QED) is 0.777. The van der Waals surface area contributed by atoms with Crippen molar-refractivity contribution in [3.05, 3.63) is 29.8 Å². The molecule has 2 aliphatic heterocycles. The normalized spacial score (nSPS) is 27.8. The minimum Gasteiger partial charge on any atom is -0.390 e. The van der Waals surface area contributed by atoms with Gasteiger partial charge < -0.3 is 5.11 Å². The maximum Gasteiger partial charge on any atom is 0.243 e. The van der Waals surface area contributed by atoms with Gasteiger partial charge in [-0.25, -0.2) is 16.8 Å². The van der Waals surface area contributed by atoms with E-state index in [1.807, 2.05) is 17.0 Å². The van der Waals surface area contributed by atoms with Gasteiger partial charge in [-0.3, -0.25) is 4.90 Å². The van der Waals surface area contributed by atoms with Crippen LogP contribution in [-0.4, -0.2) is 81.0 Å². The lowest BCUT2D eigenvalue weighted by Crippen LogP contribution is -2.54. The highest BCUT2D eigenvalue weighted by atomic mass is 32.2. The van der Waals surface area contributed by atoms with Crippen LogP contribution < -0.4 is 0 Å². The van der Waals surface area contributed by atoms with Gasteiger partial charge in [-0.1, -0.05) is 26.0 Å². The molecule has 2 atom stereocenters. The molecule has 0 spiro atoms. The predicted molar refractivity (Wildman–Crippen MR) is 99.3 cm³/mol. The summed E-state index contributed by atoms with van der Waals surface area (Å²) in [6.45, 7) is 5.52. The summed E-state index contributed by atoms with van der Waals surface area (Å²) in [5.41, 5.74) is 1.09. The van der Waals surface area contributed by atoms with Gasteiger partial charge in [0, 0.05) is 26.2 Å². The third kappa shape index (κ3) is 3.96. The van der Waals surface area contributed by atoms with Crippen molar-refractivity contribution < 1.29 is 21.9 Å². The van der Waals surface area contributed by atoms with Gasteiger partial charge in [-0.15, -0.1) is 0 Å². The fourth-order valence-corrected chi connectivity index (χ4v) is 6.86. The molecule has 0 saturated carbocycles. The van der Waals surface area contributed by atoms with E-state index < -0.39 is 32.0 Å². The lowest BCUT2D eigenvalue weighted by atomic mass is 10.0. The Morgan fingerprint density at radius 2 is 1.62 bits per heavy atom. The van der Waals surface area contributed by atoms with E-state index in [0.717, 1.165) is 5.56 Å². The zero-order valence-corrected chi connectivity index (χ0v) is 16.7. The Bertz CT molecular complexity index is 842.